The van der Waals surface area contributed by atoms with Crippen LogP contribution in [0, 0.1) is 5.92 Å². The molecule has 1 fully saturated rings. The van der Waals surface area contributed by atoms with E-state index in [1.807, 2.05) is 12.1 Å². The summed E-state index contributed by atoms with van der Waals surface area (Å²) in [5, 5.41) is -0.899. The third-order valence-electron chi connectivity index (χ3n) is 4.72. The van der Waals surface area contributed by atoms with E-state index in [9.17, 15) is 22.0 Å². The summed E-state index contributed by atoms with van der Waals surface area (Å²) in [7, 11) is -4.16. The van der Waals surface area contributed by atoms with Gasteiger partial charge in [-0.05, 0) is 36.8 Å². The maximum absolute atomic E-state index is 14.3. The highest BCUT2D eigenvalue weighted by Gasteiger charge is 2.49. The van der Waals surface area contributed by atoms with Gasteiger partial charge in [0.1, 0.15) is 0 Å². The summed E-state index contributed by atoms with van der Waals surface area (Å²) in [6.07, 6.45) is 0.522. The molecule has 0 saturated carbocycles. The van der Waals surface area contributed by atoms with Crippen LogP contribution in [-0.2, 0) is 32.4 Å². The minimum atomic E-state index is -4.16. The van der Waals surface area contributed by atoms with E-state index < -0.39 is 33.0 Å². The van der Waals surface area contributed by atoms with Gasteiger partial charge in [0.25, 0.3) is 0 Å². The number of hydrogen-bond acceptors (Lipinski definition) is 4. The normalized spacial score (nSPS) is 19.9. The van der Waals surface area contributed by atoms with Gasteiger partial charge in [0, 0.05) is 19.1 Å². The second-order valence-corrected chi connectivity index (χ2v) is 8.25. The molecule has 1 amide bonds. The van der Waals surface area contributed by atoms with E-state index in [0.29, 0.717) is 0 Å². The van der Waals surface area contributed by atoms with E-state index in [0.717, 1.165) is 11.1 Å². The quantitative estimate of drug-likeness (QED) is 0.888. The zero-order chi connectivity index (χ0) is 17.4. The van der Waals surface area contributed by atoms with Crippen LogP contribution in [-0.4, -0.2) is 38.7 Å². The van der Waals surface area contributed by atoms with Crippen molar-refractivity contribution in [3.05, 3.63) is 35.4 Å². The van der Waals surface area contributed by atoms with Gasteiger partial charge in [-0.3, -0.25) is 4.79 Å². The molecule has 0 bridgehead atoms. The Kier molecular flexibility index (Phi) is 4.61. The molecule has 24 heavy (non-hydrogen) atoms. The number of alkyl halides is 2. The van der Waals surface area contributed by atoms with E-state index in [1.165, 1.54) is 0 Å². The standard InChI is InChI=1S/C16H19F2NO4S/c17-16(18,13-5-7-23-8-6-13)15(20)19-24(21,22)14-9-11-3-1-2-4-12(11)10-14/h1-4,13-14H,5-10H2,(H,19,20). The van der Waals surface area contributed by atoms with Crippen molar-refractivity contribution in [1.29, 1.82) is 0 Å². The largest absolute Gasteiger partial charge is 0.381 e. The van der Waals surface area contributed by atoms with Crippen LogP contribution in [0.5, 0.6) is 0 Å². The average Bonchev–Trinajstić information content (AvgIpc) is 3.00. The van der Waals surface area contributed by atoms with Gasteiger partial charge in [0.05, 0.1) is 5.25 Å². The number of nitrogens with one attached hydrogen (secondary N) is 1. The Hall–Kier alpha value is -1.54. The Labute approximate surface area is 139 Å². The van der Waals surface area contributed by atoms with E-state index in [4.69, 9.17) is 4.74 Å². The summed E-state index contributed by atoms with van der Waals surface area (Å²) in [6, 6.07) is 7.21. The number of halogens is 2. The van der Waals surface area contributed by atoms with Crippen LogP contribution < -0.4 is 4.72 Å². The molecular formula is C16H19F2NO4S. The van der Waals surface area contributed by atoms with Gasteiger partial charge in [-0.15, -0.1) is 0 Å². The van der Waals surface area contributed by atoms with E-state index >= 15 is 0 Å². The highest BCUT2D eigenvalue weighted by molar-refractivity contribution is 7.90. The number of amides is 1. The zero-order valence-electron chi connectivity index (χ0n) is 13.0. The Morgan fingerprint density at radius 3 is 2.21 bits per heavy atom. The minimum Gasteiger partial charge on any atom is -0.381 e. The summed E-state index contributed by atoms with van der Waals surface area (Å²) >= 11 is 0. The molecule has 1 saturated heterocycles. The summed E-state index contributed by atoms with van der Waals surface area (Å²) < 4.78 is 59.8. The lowest BCUT2D eigenvalue weighted by Gasteiger charge is -2.29. The summed E-state index contributed by atoms with van der Waals surface area (Å²) in [5.74, 6) is -6.64. The summed E-state index contributed by atoms with van der Waals surface area (Å²) in [4.78, 5) is 11.9. The monoisotopic (exact) mass is 359 g/mol. The highest BCUT2D eigenvalue weighted by Crippen LogP contribution is 2.33. The Balaban J connectivity index is 1.69. The molecule has 0 atom stereocenters. The number of ether oxygens (including phenoxy) is 1. The van der Waals surface area contributed by atoms with Gasteiger partial charge in [-0.2, -0.15) is 8.78 Å². The van der Waals surface area contributed by atoms with Crippen LogP contribution >= 0.6 is 0 Å². The number of carbonyl (C=O) groups excluding carboxylic acids is 1. The van der Waals surface area contributed by atoms with Crippen molar-refractivity contribution in [2.75, 3.05) is 13.2 Å². The SMILES string of the molecule is O=C(NS(=O)(=O)C1Cc2ccccc2C1)C(F)(F)C1CCOCC1. The van der Waals surface area contributed by atoms with Crippen molar-refractivity contribution in [3.63, 3.8) is 0 Å². The third kappa shape index (κ3) is 3.30. The van der Waals surface area contributed by atoms with Crippen molar-refractivity contribution >= 4 is 15.9 Å². The van der Waals surface area contributed by atoms with E-state index in [-0.39, 0.29) is 38.9 Å². The van der Waals surface area contributed by atoms with E-state index in [2.05, 4.69) is 0 Å². The zero-order valence-corrected chi connectivity index (χ0v) is 13.8. The van der Waals surface area contributed by atoms with Crippen molar-refractivity contribution in [3.8, 4) is 0 Å². The van der Waals surface area contributed by atoms with Crippen molar-refractivity contribution in [2.45, 2.75) is 36.9 Å². The molecule has 0 radical (unpaired) electrons. The molecule has 8 heteroatoms. The van der Waals surface area contributed by atoms with Gasteiger partial charge in [-0.25, -0.2) is 13.1 Å². The molecule has 0 unspecified atom stereocenters. The highest BCUT2D eigenvalue weighted by atomic mass is 32.2. The van der Waals surface area contributed by atoms with Crippen molar-refractivity contribution in [1.82, 2.24) is 4.72 Å². The fourth-order valence-electron chi connectivity index (χ4n) is 3.26. The molecule has 0 aromatic heterocycles. The van der Waals surface area contributed by atoms with Crippen molar-refractivity contribution in [2.24, 2.45) is 5.92 Å². The molecule has 1 aromatic carbocycles. The second-order valence-electron chi connectivity index (χ2n) is 6.28. The van der Waals surface area contributed by atoms with Crippen molar-refractivity contribution < 1.29 is 26.7 Å². The fraction of sp³-hybridized carbons (Fsp3) is 0.562. The maximum atomic E-state index is 14.3. The first-order valence-electron chi connectivity index (χ1n) is 7.89. The predicted octanol–water partition coefficient (Wildman–Crippen LogP) is 1.66. The first kappa shape index (κ1) is 17.3. The molecule has 1 aromatic rings. The Morgan fingerprint density at radius 1 is 1.12 bits per heavy atom. The maximum Gasteiger partial charge on any atom is 0.328 e. The molecule has 5 nitrogen and oxygen atoms in total. The molecule has 1 heterocycles. The van der Waals surface area contributed by atoms with Crippen LogP contribution in [0.4, 0.5) is 8.78 Å². The fourth-order valence-corrected chi connectivity index (χ4v) is 4.62. The molecule has 1 N–H and O–H groups in total. The van der Waals surface area contributed by atoms with Gasteiger partial charge in [0.2, 0.25) is 10.0 Å². The first-order valence-corrected chi connectivity index (χ1v) is 9.44. The molecule has 1 aliphatic heterocycles. The van der Waals surface area contributed by atoms with Crippen LogP contribution in [0.15, 0.2) is 24.3 Å². The van der Waals surface area contributed by atoms with Crippen LogP contribution in [0.1, 0.15) is 24.0 Å². The van der Waals surface area contributed by atoms with Gasteiger partial charge < -0.3 is 4.74 Å². The number of rotatable bonds is 4. The lowest BCUT2D eigenvalue weighted by atomic mass is 9.92. The molecule has 3 rings (SSSR count). The Morgan fingerprint density at radius 2 is 1.67 bits per heavy atom. The van der Waals surface area contributed by atoms with E-state index in [1.54, 1.807) is 16.9 Å². The smallest absolute Gasteiger partial charge is 0.328 e. The number of benzene rings is 1. The van der Waals surface area contributed by atoms with Gasteiger partial charge in [-0.1, -0.05) is 24.3 Å². The number of fused-ring (bicyclic) bond motifs is 1. The lowest BCUT2D eigenvalue weighted by Crippen LogP contribution is -2.51. The number of sulfonamides is 1. The third-order valence-corrected chi connectivity index (χ3v) is 6.41. The molecule has 1 aliphatic carbocycles. The Bertz CT molecular complexity index is 704. The first-order chi connectivity index (χ1) is 11.3. The van der Waals surface area contributed by atoms with Crippen LogP contribution in [0.25, 0.3) is 0 Å². The lowest BCUT2D eigenvalue weighted by molar-refractivity contribution is -0.157. The van der Waals surface area contributed by atoms with Crippen LogP contribution in [0.3, 0.4) is 0 Å². The van der Waals surface area contributed by atoms with Gasteiger partial charge in [0.15, 0.2) is 0 Å². The molecular weight excluding hydrogens is 340 g/mol. The molecule has 0 spiro atoms. The van der Waals surface area contributed by atoms with Gasteiger partial charge >= 0.3 is 11.8 Å². The molecule has 2 aliphatic rings. The second kappa shape index (κ2) is 6.40. The number of hydrogen-bond donors (Lipinski definition) is 1. The topological polar surface area (TPSA) is 72.5 Å². The molecule has 132 valence electrons. The summed E-state index contributed by atoms with van der Waals surface area (Å²) in [5.41, 5.74) is 1.74. The number of carbonyl (C=O) groups is 1. The average molecular weight is 359 g/mol. The van der Waals surface area contributed by atoms with Crippen LogP contribution in [0.2, 0.25) is 0 Å². The minimum absolute atomic E-state index is 0.0370. The predicted molar refractivity (Wildman–Crippen MR) is 83.2 cm³/mol. The summed E-state index contributed by atoms with van der Waals surface area (Å²) in [6.45, 7) is 0.302.